The lowest BCUT2D eigenvalue weighted by molar-refractivity contribution is 0.0894. The van der Waals surface area contributed by atoms with Gasteiger partial charge in [0.1, 0.15) is 0 Å². The van der Waals surface area contributed by atoms with Gasteiger partial charge in [0.25, 0.3) is 0 Å². The fraction of sp³-hybridized carbons (Fsp3) is 1.00. The second-order valence-electron chi connectivity index (χ2n) is 5.84. The van der Waals surface area contributed by atoms with Crippen LogP contribution in [0.3, 0.4) is 0 Å². The zero-order chi connectivity index (χ0) is 11.6. The summed E-state index contributed by atoms with van der Waals surface area (Å²) in [4.78, 5) is 2.75. The smallest absolute Gasteiger partial charge is 0.0252 e. The largest absolute Gasteiger partial charge is 0.309 e. The Morgan fingerprint density at radius 1 is 1.38 bits per heavy atom. The van der Waals surface area contributed by atoms with Gasteiger partial charge >= 0.3 is 0 Å². The highest BCUT2D eigenvalue weighted by atomic mass is 32.2. The molecule has 1 aliphatic heterocycles. The van der Waals surface area contributed by atoms with Crippen molar-refractivity contribution in [2.24, 2.45) is 5.92 Å². The molecule has 1 saturated heterocycles. The summed E-state index contributed by atoms with van der Waals surface area (Å²) in [6.45, 7) is 10.6. The van der Waals surface area contributed by atoms with E-state index in [0.29, 0.717) is 5.54 Å². The second-order valence-corrected chi connectivity index (χ2v) is 7.23. The summed E-state index contributed by atoms with van der Waals surface area (Å²) in [5.41, 5.74) is 0.308. The van der Waals surface area contributed by atoms with Crippen LogP contribution in [0.5, 0.6) is 0 Å². The van der Waals surface area contributed by atoms with E-state index in [9.17, 15) is 0 Å². The van der Waals surface area contributed by atoms with Crippen LogP contribution < -0.4 is 5.32 Å². The van der Waals surface area contributed by atoms with Crippen molar-refractivity contribution in [1.29, 1.82) is 0 Å². The molecule has 1 saturated carbocycles. The number of thioether (sulfide) groups is 1. The maximum absolute atomic E-state index is 3.70. The molecule has 1 aliphatic carbocycles. The summed E-state index contributed by atoms with van der Waals surface area (Å²) in [5.74, 6) is 3.55. The molecule has 2 rings (SSSR count). The summed E-state index contributed by atoms with van der Waals surface area (Å²) >= 11 is 2.07. The summed E-state index contributed by atoms with van der Waals surface area (Å²) in [5, 5.41) is 3.70. The zero-order valence-corrected chi connectivity index (χ0v) is 11.8. The van der Waals surface area contributed by atoms with E-state index in [1.807, 2.05) is 0 Å². The van der Waals surface area contributed by atoms with Crippen LogP contribution in [-0.4, -0.2) is 47.6 Å². The highest BCUT2D eigenvalue weighted by Gasteiger charge is 2.40. The van der Waals surface area contributed by atoms with Crippen LogP contribution in [0.2, 0.25) is 0 Å². The topological polar surface area (TPSA) is 15.3 Å². The number of nitrogens with one attached hydrogen (secondary N) is 1. The highest BCUT2D eigenvalue weighted by molar-refractivity contribution is 7.99. The average Bonchev–Trinajstić information content (AvgIpc) is 3.01. The van der Waals surface area contributed by atoms with Crippen molar-refractivity contribution in [1.82, 2.24) is 10.2 Å². The SMILES string of the molecule is CCSCCN1CC(C)(C)NCC1C1CC1. The number of nitrogens with zero attached hydrogens (tertiary/aromatic N) is 1. The van der Waals surface area contributed by atoms with Gasteiger partial charge in [-0.15, -0.1) is 0 Å². The van der Waals surface area contributed by atoms with Crippen LogP contribution in [-0.2, 0) is 0 Å². The Morgan fingerprint density at radius 2 is 2.12 bits per heavy atom. The van der Waals surface area contributed by atoms with Crippen molar-refractivity contribution in [2.75, 3.05) is 31.1 Å². The fourth-order valence-electron chi connectivity index (χ4n) is 2.71. The third-order valence-corrected chi connectivity index (χ3v) is 4.63. The van der Waals surface area contributed by atoms with Crippen molar-refractivity contribution >= 4 is 11.8 Å². The minimum atomic E-state index is 0.308. The van der Waals surface area contributed by atoms with Gasteiger partial charge in [-0.25, -0.2) is 0 Å². The van der Waals surface area contributed by atoms with E-state index in [-0.39, 0.29) is 0 Å². The highest BCUT2D eigenvalue weighted by Crippen LogP contribution is 2.37. The summed E-state index contributed by atoms with van der Waals surface area (Å²) in [6, 6.07) is 0.825. The quantitative estimate of drug-likeness (QED) is 0.744. The van der Waals surface area contributed by atoms with Gasteiger partial charge in [0.15, 0.2) is 0 Å². The molecule has 2 fully saturated rings. The predicted octanol–water partition coefficient (Wildman–Crippen LogP) is 2.20. The minimum Gasteiger partial charge on any atom is -0.309 e. The number of rotatable bonds is 5. The predicted molar refractivity (Wildman–Crippen MR) is 73.2 cm³/mol. The van der Waals surface area contributed by atoms with Crippen LogP contribution in [0, 0.1) is 5.92 Å². The van der Waals surface area contributed by atoms with Gasteiger partial charge < -0.3 is 5.32 Å². The van der Waals surface area contributed by atoms with Crippen LogP contribution in [0.25, 0.3) is 0 Å². The third-order valence-electron chi connectivity index (χ3n) is 3.75. The van der Waals surface area contributed by atoms with Crippen LogP contribution in [0.15, 0.2) is 0 Å². The molecule has 16 heavy (non-hydrogen) atoms. The van der Waals surface area contributed by atoms with Gasteiger partial charge in [-0.05, 0) is 38.4 Å². The van der Waals surface area contributed by atoms with Crippen molar-refractivity contribution < 1.29 is 0 Å². The number of hydrogen-bond donors (Lipinski definition) is 1. The lowest BCUT2D eigenvalue weighted by atomic mass is 9.97. The molecule has 1 unspecified atom stereocenters. The molecular weight excluding hydrogens is 216 g/mol. The van der Waals surface area contributed by atoms with E-state index in [1.165, 1.54) is 44.0 Å². The van der Waals surface area contributed by atoms with E-state index >= 15 is 0 Å². The molecule has 1 heterocycles. The van der Waals surface area contributed by atoms with Gasteiger partial charge in [0.05, 0.1) is 0 Å². The second kappa shape index (κ2) is 5.28. The van der Waals surface area contributed by atoms with E-state index in [0.717, 1.165) is 12.0 Å². The lowest BCUT2D eigenvalue weighted by Gasteiger charge is -2.45. The number of piperazine rings is 1. The monoisotopic (exact) mass is 242 g/mol. The Kier molecular flexibility index (Phi) is 4.20. The Balaban J connectivity index is 1.86. The molecular formula is C13H26N2S. The Bertz CT molecular complexity index is 226. The molecule has 2 aliphatic rings. The molecule has 1 N–H and O–H groups in total. The van der Waals surface area contributed by atoms with E-state index < -0.39 is 0 Å². The zero-order valence-electron chi connectivity index (χ0n) is 11.0. The molecule has 94 valence electrons. The minimum absolute atomic E-state index is 0.308. The summed E-state index contributed by atoms with van der Waals surface area (Å²) in [7, 11) is 0. The van der Waals surface area contributed by atoms with Crippen LogP contribution in [0.1, 0.15) is 33.6 Å². The number of hydrogen-bond acceptors (Lipinski definition) is 3. The van der Waals surface area contributed by atoms with E-state index in [2.05, 4.69) is 42.7 Å². The molecule has 0 aromatic carbocycles. The van der Waals surface area contributed by atoms with E-state index in [1.54, 1.807) is 0 Å². The summed E-state index contributed by atoms with van der Waals surface area (Å²) in [6.07, 6.45) is 2.92. The third kappa shape index (κ3) is 3.38. The van der Waals surface area contributed by atoms with Crippen molar-refractivity contribution in [3.05, 3.63) is 0 Å². The van der Waals surface area contributed by atoms with Gasteiger partial charge in [-0.3, -0.25) is 4.90 Å². The van der Waals surface area contributed by atoms with Crippen molar-refractivity contribution in [3.63, 3.8) is 0 Å². The van der Waals surface area contributed by atoms with Crippen molar-refractivity contribution in [2.45, 2.75) is 45.2 Å². The van der Waals surface area contributed by atoms with E-state index in [4.69, 9.17) is 0 Å². The maximum atomic E-state index is 3.70. The molecule has 0 spiro atoms. The van der Waals surface area contributed by atoms with Crippen molar-refractivity contribution in [3.8, 4) is 0 Å². The Hall–Kier alpha value is 0.270. The van der Waals surface area contributed by atoms with Gasteiger partial charge in [-0.2, -0.15) is 11.8 Å². The first-order valence-corrected chi connectivity index (χ1v) is 7.84. The molecule has 3 heteroatoms. The molecule has 0 aromatic heterocycles. The first-order valence-electron chi connectivity index (χ1n) is 6.69. The average molecular weight is 242 g/mol. The van der Waals surface area contributed by atoms with Crippen LogP contribution in [0.4, 0.5) is 0 Å². The fourth-order valence-corrected chi connectivity index (χ4v) is 3.36. The molecule has 1 atom stereocenters. The molecule has 0 amide bonds. The normalized spacial score (nSPS) is 30.6. The van der Waals surface area contributed by atoms with Crippen LogP contribution >= 0.6 is 11.8 Å². The van der Waals surface area contributed by atoms with Gasteiger partial charge in [-0.1, -0.05) is 6.92 Å². The lowest BCUT2D eigenvalue weighted by Crippen LogP contribution is -2.62. The molecule has 0 bridgehead atoms. The Labute approximate surface area is 105 Å². The maximum Gasteiger partial charge on any atom is 0.0252 e. The first kappa shape index (κ1) is 12.7. The summed E-state index contributed by atoms with van der Waals surface area (Å²) < 4.78 is 0. The molecule has 0 aromatic rings. The van der Waals surface area contributed by atoms with Gasteiger partial charge in [0, 0.05) is 37.0 Å². The van der Waals surface area contributed by atoms with Gasteiger partial charge in [0.2, 0.25) is 0 Å². The Morgan fingerprint density at radius 3 is 2.75 bits per heavy atom. The molecule has 2 nitrogen and oxygen atoms in total. The standard InChI is InChI=1S/C13H26N2S/c1-4-16-8-7-15-10-13(2,3)14-9-12(15)11-5-6-11/h11-12,14H,4-10H2,1-3H3. The first-order chi connectivity index (χ1) is 7.62. The molecule has 0 radical (unpaired) electrons.